The van der Waals surface area contributed by atoms with E-state index in [4.69, 9.17) is 22.3 Å². The average molecular weight is 525 g/mol. The van der Waals surface area contributed by atoms with Crippen LogP contribution >= 0.6 is 11.6 Å². The lowest BCUT2D eigenvalue weighted by Gasteiger charge is -2.35. The molecular weight excluding hydrogens is 495 g/mol. The van der Waals surface area contributed by atoms with Crippen LogP contribution < -0.4 is 11.4 Å². The Kier molecular flexibility index (Phi) is 8.04. The standard InChI is InChI=1S/C27H30ClFN6O2/c1-17(2)23(33(15-7-14-30)26(36)20-10-12-21(29)13-11-20)25-31-24-22(28)18(3)32-35(24)27(37)34(25)16-19-8-5-4-6-9-19/h4-6,8-13,17,23H,7,14-16,30H2,1-3H3. The van der Waals surface area contributed by atoms with Gasteiger partial charge in [-0.15, -0.1) is 0 Å². The topological polar surface area (TPSA) is 98.5 Å². The second-order valence-electron chi connectivity index (χ2n) is 9.30. The van der Waals surface area contributed by atoms with Crippen LogP contribution in [0.1, 0.15) is 53.7 Å². The number of rotatable bonds is 9. The van der Waals surface area contributed by atoms with Crippen molar-refractivity contribution in [2.75, 3.05) is 13.1 Å². The van der Waals surface area contributed by atoms with E-state index in [9.17, 15) is 14.0 Å². The van der Waals surface area contributed by atoms with E-state index in [0.29, 0.717) is 36.6 Å². The highest BCUT2D eigenvalue weighted by molar-refractivity contribution is 6.34. The van der Waals surface area contributed by atoms with Crippen molar-refractivity contribution in [3.8, 4) is 0 Å². The molecule has 4 rings (SSSR count). The van der Waals surface area contributed by atoms with Crippen LogP contribution in [-0.4, -0.2) is 43.1 Å². The van der Waals surface area contributed by atoms with Crippen LogP contribution in [0.5, 0.6) is 0 Å². The van der Waals surface area contributed by atoms with Gasteiger partial charge in [0, 0.05) is 12.1 Å². The van der Waals surface area contributed by atoms with Crippen LogP contribution in [0.2, 0.25) is 5.02 Å². The van der Waals surface area contributed by atoms with Gasteiger partial charge in [0.05, 0.1) is 18.3 Å². The van der Waals surface area contributed by atoms with Crippen molar-refractivity contribution in [1.82, 2.24) is 24.1 Å². The molecule has 0 bridgehead atoms. The molecule has 0 aliphatic heterocycles. The lowest BCUT2D eigenvalue weighted by Crippen LogP contribution is -2.43. The highest BCUT2D eigenvalue weighted by Crippen LogP contribution is 2.31. The molecule has 1 amide bonds. The summed E-state index contributed by atoms with van der Waals surface area (Å²) >= 11 is 6.49. The first kappa shape index (κ1) is 26.5. The van der Waals surface area contributed by atoms with Gasteiger partial charge in [0.25, 0.3) is 5.91 Å². The molecule has 2 aromatic heterocycles. The van der Waals surface area contributed by atoms with Gasteiger partial charge in [0.15, 0.2) is 5.65 Å². The van der Waals surface area contributed by atoms with Crippen molar-refractivity contribution in [2.24, 2.45) is 11.7 Å². The number of hydrogen-bond donors (Lipinski definition) is 1. The molecule has 8 nitrogen and oxygen atoms in total. The number of aromatic nitrogens is 4. The molecule has 0 radical (unpaired) electrons. The number of aryl methyl sites for hydroxylation is 1. The number of amides is 1. The molecule has 0 spiro atoms. The SMILES string of the molecule is Cc1nn2c(=O)n(Cc3ccccc3)c(C(C(C)C)N(CCCN)C(=O)c3ccc(F)cc3)nc2c1Cl. The molecule has 37 heavy (non-hydrogen) atoms. The highest BCUT2D eigenvalue weighted by Gasteiger charge is 2.33. The van der Waals surface area contributed by atoms with E-state index in [2.05, 4.69) is 5.10 Å². The van der Waals surface area contributed by atoms with Crippen molar-refractivity contribution < 1.29 is 9.18 Å². The number of carbonyl (C=O) groups is 1. The monoisotopic (exact) mass is 524 g/mol. The second-order valence-corrected chi connectivity index (χ2v) is 9.67. The quantitative estimate of drug-likeness (QED) is 0.353. The van der Waals surface area contributed by atoms with Crippen molar-refractivity contribution in [2.45, 2.75) is 39.8 Å². The third-order valence-electron chi connectivity index (χ3n) is 6.24. The van der Waals surface area contributed by atoms with Crippen LogP contribution in [0.3, 0.4) is 0 Å². The number of carbonyl (C=O) groups excluding carboxylic acids is 1. The Morgan fingerprint density at radius 1 is 1.14 bits per heavy atom. The molecule has 0 aliphatic rings. The maximum atomic E-state index is 13.8. The molecule has 0 fully saturated rings. The first-order chi connectivity index (χ1) is 17.7. The summed E-state index contributed by atoms with van der Waals surface area (Å²) in [5.74, 6) is -0.477. The first-order valence-electron chi connectivity index (χ1n) is 12.2. The molecule has 2 heterocycles. The number of nitrogens with zero attached hydrogens (tertiary/aromatic N) is 5. The normalized spacial score (nSPS) is 12.3. The summed E-state index contributed by atoms with van der Waals surface area (Å²) in [6, 6.07) is 14.3. The molecule has 1 atom stereocenters. The zero-order valence-electron chi connectivity index (χ0n) is 21.1. The molecule has 10 heteroatoms. The number of halogens is 2. The van der Waals surface area contributed by atoms with E-state index in [1.807, 2.05) is 44.2 Å². The van der Waals surface area contributed by atoms with E-state index < -0.39 is 17.5 Å². The van der Waals surface area contributed by atoms with Crippen molar-refractivity contribution in [1.29, 1.82) is 0 Å². The molecule has 2 aromatic carbocycles. The third-order valence-corrected chi connectivity index (χ3v) is 6.69. The number of hydrogen-bond acceptors (Lipinski definition) is 5. The van der Waals surface area contributed by atoms with Crippen LogP contribution in [0.15, 0.2) is 59.4 Å². The van der Waals surface area contributed by atoms with E-state index in [-0.39, 0.29) is 29.0 Å². The molecule has 0 saturated carbocycles. The molecule has 4 aromatic rings. The van der Waals surface area contributed by atoms with Gasteiger partial charge in [-0.1, -0.05) is 55.8 Å². The molecule has 0 saturated heterocycles. The number of fused-ring (bicyclic) bond motifs is 1. The fraction of sp³-hybridized carbons (Fsp3) is 0.333. The fourth-order valence-corrected chi connectivity index (χ4v) is 4.59. The highest BCUT2D eigenvalue weighted by atomic mass is 35.5. The molecule has 0 aliphatic carbocycles. The van der Waals surface area contributed by atoms with Crippen molar-refractivity contribution in [3.63, 3.8) is 0 Å². The average Bonchev–Trinajstić information content (AvgIpc) is 3.17. The Morgan fingerprint density at radius 3 is 2.43 bits per heavy atom. The van der Waals surface area contributed by atoms with Crippen LogP contribution in [0.4, 0.5) is 4.39 Å². The van der Waals surface area contributed by atoms with Crippen LogP contribution in [-0.2, 0) is 6.54 Å². The summed E-state index contributed by atoms with van der Waals surface area (Å²) in [5.41, 5.74) is 7.36. The minimum absolute atomic E-state index is 0.138. The lowest BCUT2D eigenvalue weighted by molar-refractivity contribution is 0.0601. The Bertz CT molecular complexity index is 1450. The summed E-state index contributed by atoms with van der Waals surface area (Å²) < 4.78 is 16.3. The molecule has 194 valence electrons. The maximum Gasteiger partial charge on any atom is 0.352 e. The summed E-state index contributed by atoms with van der Waals surface area (Å²) in [5, 5.41) is 4.58. The minimum Gasteiger partial charge on any atom is -0.330 e. The zero-order chi connectivity index (χ0) is 26.7. The van der Waals surface area contributed by atoms with E-state index in [1.165, 1.54) is 28.8 Å². The van der Waals surface area contributed by atoms with Crippen molar-refractivity contribution in [3.05, 3.63) is 98.6 Å². The maximum absolute atomic E-state index is 13.8. The van der Waals surface area contributed by atoms with Crippen LogP contribution in [0, 0.1) is 18.7 Å². The summed E-state index contributed by atoms with van der Waals surface area (Å²) in [7, 11) is 0. The van der Waals surface area contributed by atoms with Gasteiger partial charge in [-0.3, -0.25) is 9.36 Å². The first-order valence-corrected chi connectivity index (χ1v) is 12.6. The predicted octanol–water partition coefficient (Wildman–Crippen LogP) is 4.23. The van der Waals surface area contributed by atoms with E-state index in [0.717, 1.165) is 5.56 Å². The third kappa shape index (κ3) is 5.42. The molecule has 2 N–H and O–H groups in total. The fourth-order valence-electron chi connectivity index (χ4n) is 4.43. The Morgan fingerprint density at radius 2 is 1.81 bits per heavy atom. The summed E-state index contributed by atoms with van der Waals surface area (Å²) in [6.07, 6.45) is 0.536. The minimum atomic E-state index is -0.600. The van der Waals surface area contributed by atoms with Gasteiger partial charge in [-0.2, -0.15) is 9.61 Å². The Hall–Kier alpha value is -3.56. The van der Waals surface area contributed by atoms with Gasteiger partial charge < -0.3 is 10.6 Å². The molecular formula is C27H30ClFN6O2. The van der Waals surface area contributed by atoms with Gasteiger partial charge in [0.2, 0.25) is 0 Å². The second kappa shape index (κ2) is 11.2. The Labute approximate surface area is 219 Å². The lowest BCUT2D eigenvalue weighted by atomic mass is 9.99. The van der Waals surface area contributed by atoms with Crippen molar-refractivity contribution >= 4 is 23.2 Å². The summed E-state index contributed by atoms with van der Waals surface area (Å²) in [6.45, 7) is 6.56. The van der Waals surface area contributed by atoms with Gasteiger partial charge >= 0.3 is 5.69 Å². The molecule has 1 unspecified atom stereocenters. The van der Waals surface area contributed by atoms with Gasteiger partial charge in [-0.25, -0.2) is 14.2 Å². The summed E-state index contributed by atoms with van der Waals surface area (Å²) in [4.78, 5) is 34.0. The smallest absolute Gasteiger partial charge is 0.330 e. The zero-order valence-corrected chi connectivity index (χ0v) is 21.8. The van der Waals surface area contributed by atoms with E-state index in [1.54, 1.807) is 16.4 Å². The number of nitrogens with two attached hydrogens (primary N) is 1. The van der Waals surface area contributed by atoms with Gasteiger partial charge in [0.1, 0.15) is 16.7 Å². The largest absolute Gasteiger partial charge is 0.352 e. The Balaban J connectivity index is 1.94. The van der Waals surface area contributed by atoms with Gasteiger partial charge in [-0.05, 0) is 55.6 Å². The van der Waals surface area contributed by atoms with E-state index >= 15 is 0 Å². The van der Waals surface area contributed by atoms with Crippen LogP contribution in [0.25, 0.3) is 5.65 Å². The predicted molar refractivity (Wildman–Crippen MR) is 141 cm³/mol. The number of benzene rings is 2.